The summed E-state index contributed by atoms with van der Waals surface area (Å²) in [5.41, 5.74) is 2.10. The summed E-state index contributed by atoms with van der Waals surface area (Å²) in [6.07, 6.45) is 6.51. The van der Waals surface area contributed by atoms with Crippen molar-refractivity contribution in [2.45, 2.75) is 64.3 Å². The molecular weight excluding hydrogens is 222 g/mol. The third kappa shape index (κ3) is 2.98. The quantitative estimate of drug-likeness (QED) is 0.810. The molecule has 0 aliphatic heterocycles. The number of benzene rings is 1. The highest BCUT2D eigenvalue weighted by molar-refractivity contribution is 5.60. The number of hydrogen-bond donors (Lipinski definition) is 2. The van der Waals surface area contributed by atoms with E-state index in [0.29, 0.717) is 11.8 Å². The summed E-state index contributed by atoms with van der Waals surface area (Å²) in [5, 5.41) is 13.8. The van der Waals surface area contributed by atoms with Gasteiger partial charge < -0.3 is 10.4 Å². The van der Waals surface area contributed by atoms with Crippen molar-refractivity contribution >= 4 is 5.69 Å². The Morgan fingerprint density at radius 2 is 1.78 bits per heavy atom. The maximum absolute atomic E-state index is 10.1. The highest BCUT2D eigenvalue weighted by Gasteiger charge is 2.23. The summed E-state index contributed by atoms with van der Waals surface area (Å²) in [5.74, 6) is 0.406. The maximum atomic E-state index is 10.1. The van der Waals surface area contributed by atoms with Crippen LogP contribution in [0.5, 0.6) is 5.75 Å². The predicted molar refractivity (Wildman–Crippen MR) is 77.3 cm³/mol. The molecule has 100 valence electrons. The Labute approximate surface area is 110 Å². The number of anilines is 1. The molecule has 0 bridgehead atoms. The van der Waals surface area contributed by atoms with E-state index in [1.807, 2.05) is 6.07 Å². The van der Waals surface area contributed by atoms with Crippen molar-refractivity contribution in [3.8, 4) is 5.75 Å². The van der Waals surface area contributed by atoms with E-state index in [1.165, 1.54) is 32.1 Å². The van der Waals surface area contributed by atoms with Gasteiger partial charge in [0.2, 0.25) is 0 Å². The normalized spacial score (nSPS) is 17.7. The highest BCUT2D eigenvalue weighted by atomic mass is 16.3. The predicted octanol–water partition coefficient (Wildman–Crippen LogP) is 4.43. The molecule has 18 heavy (non-hydrogen) atoms. The van der Waals surface area contributed by atoms with Crippen molar-refractivity contribution in [3.63, 3.8) is 0 Å². The van der Waals surface area contributed by atoms with Crippen LogP contribution >= 0.6 is 0 Å². The number of hydrogen-bond acceptors (Lipinski definition) is 2. The van der Waals surface area contributed by atoms with Crippen LogP contribution in [-0.2, 0) is 5.41 Å². The number of phenols is 1. The first kappa shape index (κ1) is 13.3. The van der Waals surface area contributed by atoms with Crippen molar-refractivity contribution in [3.05, 3.63) is 23.8 Å². The van der Waals surface area contributed by atoms with E-state index in [0.717, 1.165) is 11.3 Å². The summed E-state index contributed by atoms with van der Waals surface area (Å²) in [4.78, 5) is 0. The molecule has 1 saturated carbocycles. The van der Waals surface area contributed by atoms with Crippen molar-refractivity contribution in [1.82, 2.24) is 0 Å². The third-order valence-electron chi connectivity index (χ3n) is 3.76. The van der Waals surface area contributed by atoms with Gasteiger partial charge in [0, 0.05) is 17.3 Å². The Hall–Kier alpha value is -1.18. The molecule has 0 amide bonds. The minimum atomic E-state index is -0.0393. The van der Waals surface area contributed by atoms with Crippen molar-refractivity contribution in [1.29, 1.82) is 0 Å². The van der Waals surface area contributed by atoms with Crippen molar-refractivity contribution < 1.29 is 5.11 Å². The van der Waals surface area contributed by atoms with Crippen LogP contribution < -0.4 is 5.32 Å². The van der Waals surface area contributed by atoms with E-state index in [1.54, 1.807) is 6.07 Å². The van der Waals surface area contributed by atoms with Gasteiger partial charge in [-0.15, -0.1) is 0 Å². The van der Waals surface area contributed by atoms with Gasteiger partial charge in [-0.1, -0.05) is 46.1 Å². The lowest BCUT2D eigenvalue weighted by Gasteiger charge is -2.29. The molecule has 0 aromatic heterocycles. The first-order chi connectivity index (χ1) is 8.48. The van der Waals surface area contributed by atoms with Crippen LogP contribution in [0, 0.1) is 0 Å². The van der Waals surface area contributed by atoms with Crippen molar-refractivity contribution in [2.75, 3.05) is 5.32 Å². The summed E-state index contributed by atoms with van der Waals surface area (Å²) in [7, 11) is 0. The van der Waals surface area contributed by atoms with Crippen LogP contribution in [-0.4, -0.2) is 11.1 Å². The molecule has 1 aliphatic rings. The fourth-order valence-electron chi connectivity index (χ4n) is 2.92. The first-order valence-corrected chi connectivity index (χ1v) is 7.07. The number of nitrogens with one attached hydrogen (secondary N) is 1. The van der Waals surface area contributed by atoms with E-state index >= 15 is 0 Å². The monoisotopic (exact) mass is 247 g/mol. The fourth-order valence-corrected chi connectivity index (χ4v) is 2.92. The van der Waals surface area contributed by atoms with Gasteiger partial charge in [0.1, 0.15) is 5.75 Å². The van der Waals surface area contributed by atoms with E-state index in [-0.39, 0.29) is 5.41 Å². The van der Waals surface area contributed by atoms with Gasteiger partial charge in [-0.25, -0.2) is 0 Å². The molecule has 0 spiro atoms. The van der Waals surface area contributed by atoms with Crippen LogP contribution in [0.2, 0.25) is 0 Å². The molecular formula is C16H25NO. The van der Waals surface area contributed by atoms with Gasteiger partial charge >= 0.3 is 0 Å². The number of rotatable bonds is 2. The lowest BCUT2D eigenvalue weighted by molar-refractivity contribution is 0.443. The number of aromatic hydroxyl groups is 1. The highest BCUT2D eigenvalue weighted by Crippen LogP contribution is 2.37. The zero-order chi connectivity index (χ0) is 13.2. The van der Waals surface area contributed by atoms with E-state index in [4.69, 9.17) is 0 Å². The smallest absolute Gasteiger partial charge is 0.121 e. The average molecular weight is 247 g/mol. The van der Waals surface area contributed by atoms with Gasteiger partial charge in [0.25, 0.3) is 0 Å². The summed E-state index contributed by atoms with van der Waals surface area (Å²) < 4.78 is 0. The molecule has 1 aromatic carbocycles. The molecule has 1 aliphatic carbocycles. The number of phenolic OH excluding ortho intramolecular Hbond substituents is 1. The zero-order valence-electron chi connectivity index (χ0n) is 11.8. The molecule has 1 fully saturated rings. The maximum Gasteiger partial charge on any atom is 0.121 e. The lowest BCUT2D eigenvalue weighted by atomic mass is 9.84. The second-order valence-electron chi connectivity index (χ2n) is 6.43. The molecule has 2 rings (SSSR count). The molecule has 0 unspecified atom stereocenters. The van der Waals surface area contributed by atoms with E-state index < -0.39 is 0 Å². The van der Waals surface area contributed by atoms with Gasteiger partial charge in [0.05, 0.1) is 0 Å². The zero-order valence-corrected chi connectivity index (χ0v) is 11.8. The summed E-state index contributed by atoms with van der Waals surface area (Å²) >= 11 is 0. The molecule has 0 radical (unpaired) electrons. The standard InChI is InChI=1S/C16H25NO/c1-16(2,3)15-13(10-7-11-14(15)18)17-12-8-5-4-6-9-12/h7,10-12,17-18H,4-6,8-9H2,1-3H3. The minimum absolute atomic E-state index is 0.0393. The minimum Gasteiger partial charge on any atom is -0.508 e. The van der Waals surface area contributed by atoms with E-state index in [9.17, 15) is 5.11 Å². The van der Waals surface area contributed by atoms with E-state index in [2.05, 4.69) is 32.2 Å². The lowest BCUT2D eigenvalue weighted by Crippen LogP contribution is -2.24. The van der Waals surface area contributed by atoms with Gasteiger partial charge in [-0.05, 0) is 30.4 Å². The molecule has 0 saturated heterocycles. The first-order valence-electron chi connectivity index (χ1n) is 7.07. The Bertz CT molecular complexity index is 400. The topological polar surface area (TPSA) is 32.3 Å². The van der Waals surface area contributed by atoms with Crippen LogP contribution in [0.1, 0.15) is 58.4 Å². The molecule has 2 heteroatoms. The van der Waals surface area contributed by atoms with Crippen LogP contribution in [0.4, 0.5) is 5.69 Å². The Morgan fingerprint density at radius 3 is 2.39 bits per heavy atom. The van der Waals surface area contributed by atoms with Gasteiger partial charge in [-0.3, -0.25) is 0 Å². The van der Waals surface area contributed by atoms with Gasteiger partial charge in [0.15, 0.2) is 0 Å². The molecule has 1 aromatic rings. The summed E-state index contributed by atoms with van der Waals surface area (Å²) in [6.45, 7) is 6.44. The van der Waals surface area contributed by atoms with Crippen LogP contribution in [0.15, 0.2) is 18.2 Å². The Balaban J connectivity index is 2.24. The van der Waals surface area contributed by atoms with Crippen LogP contribution in [0.3, 0.4) is 0 Å². The van der Waals surface area contributed by atoms with Crippen molar-refractivity contribution in [2.24, 2.45) is 0 Å². The fraction of sp³-hybridized carbons (Fsp3) is 0.625. The Kier molecular flexibility index (Phi) is 3.84. The second-order valence-corrected chi connectivity index (χ2v) is 6.43. The molecule has 2 N–H and O–H groups in total. The van der Waals surface area contributed by atoms with Gasteiger partial charge in [-0.2, -0.15) is 0 Å². The third-order valence-corrected chi connectivity index (χ3v) is 3.76. The second kappa shape index (κ2) is 5.21. The molecule has 0 heterocycles. The van der Waals surface area contributed by atoms with Crippen LogP contribution in [0.25, 0.3) is 0 Å². The SMILES string of the molecule is CC(C)(C)c1c(O)cccc1NC1CCCCC1. The molecule has 0 atom stereocenters. The molecule has 2 nitrogen and oxygen atoms in total. The largest absolute Gasteiger partial charge is 0.508 e. The average Bonchev–Trinajstić information content (AvgIpc) is 2.28. The summed E-state index contributed by atoms with van der Waals surface area (Å²) in [6, 6.07) is 6.37. The Morgan fingerprint density at radius 1 is 1.11 bits per heavy atom.